The average Bonchev–Trinajstić information content (AvgIpc) is 2.26. The summed E-state index contributed by atoms with van der Waals surface area (Å²) in [5.74, 6) is -1.52. The Labute approximate surface area is 109 Å². The molecule has 8 nitrogen and oxygen atoms in total. The molecule has 19 heavy (non-hydrogen) atoms. The first-order chi connectivity index (χ1) is 8.70. The van der Waals surface area contributed by atoms with E-state index in [1.165, 1.54) is 6.07 Å². The molecule has 0 saturated carbocycles. The number of nitrogens with one attached hydrogen (secondary N) is 1. The van der Waals surface area contributed by atoms with Gasteiger partial charge >= 0.3 is 5.97 Å². The van der Waals surface area contributed by atoms with E-state index in [4.69, 9.17) is 5.11 Å². The number of nitrogens with zero attached hydrogens (tertiary/aromatic N) is 1. The largest absolute Gasteiger partial charge is 0.477 e. The number of benzene rings is 1. The molecule has 0 bridgehead atoms. The van der Waals surface area contributed by atoms with Crippen molar-refractivity contribution in [1.29, 1.82) is 0 Å². The molecule has 0 aliphatic heterocycles. The highest BCUT2D eigenvalue weighted by Gasteiger charge is 2.19. The minimum absolute atomic E-state index is 0.0857. The zero-order chi connectivity index (χ0) is 14.6. The molecule has 1 aromatic carbocycles. The van der Waals surface area contributed by atoms with Crippen LogP contribution in [0.3, 0.4) is 0 Å². The van der Waals surface area contributed by atoms with E-state index in [0.29, 0.717) is 5.69 Å². The van der Waals surface area contributed by atoms with Crippen molar-refractivity contribution in [2.24, 2.45) is 0 Å². The first kappa shape index (κ1) is 14.9. The van der Waals surface area contributed by atoms with Gasteiger partial charge in [-0.05, 0) is 12.1 Å². The normalized spacial score (nSPS) is 11.0. The Bertz CT molecular complexity index is 610. The second-order valence-corrected chi connectivity index (χ2v) is 6.11. The van der Waals surface area contributed by atoms with Crippen molar-refractivity contribution < 1.29 is 23.2 Å². The van der Waals surface area contributed by atoms with Crippen LogP contribution in [-0.4, -0.2) is 43.0 Å². The van der Waals surface area contributed by atoms with E-state index in [1.54, 1.807) is 0 Å². The lowest BCUT2D eigenvalue weighted by molar-refractivity contribution is -0.385. The molecule has 0 radical (unpaired) electrons. The van der Waals surface area contributed by atoms with Crippen LogP contribution in [0.5, 0.6) is 0 Å². The lowest BCUT2D eigenvalue weighted by Gasteiger charge is -2.06. The summed E-state index contributed by atoms with van der Waals surface area (Å²) < 4.78 is 21.8. The van der Waals surface area contributed by atoms with Crippen LogP contribution in [0.4, 0.5) is 11.4 Å². The Kier molecular flexibility index (Phi) is 4.43. The van der Waals surface area contributed by atoms with Crippen molar-refractivity contribution in [3.8, 4) is 0 Å². The van der Waals surface area contributed by atoms with Gasteiger partial charge in [-0.1, -0.05) is 0 Å². The van der Waals surface area contributed by atoms with Crippen molar-refractivity contribution in [2.75, 3.05) is 23.9 Å². The van der Waals surface area contributed by atoms with Gasteiger partial charge in [0.05, 0.1) is 10.7 Å². The second-order valence-electron chi connectivity index (χ2n) is 3.85. The van der Waals surface area contributed by atoms with Gasteiger partial charge in [0.15, 0.2) is 0 Å². The summed E-state index contributed by atoms with van der Waals surface area (Å²) in [5, 5.41) is 22.2. The standard InChI is InChI=1S/C10H12N2O6S/c1-19(17,18)5-4-11-7-2-3-8(10(13)14)9(6-7)12(15)16/h2-3,6,11H,4-5H2,1H3,(H,13,14). The number of rotatable bonds is 6. The monoisotopic (exact) mass is 288 g/mol. The van der Waals surface area contributed by atoms with Crippen LogP contribution < -0.4 is 5.32 Å². The minimum Gasteiger partial charge on any atom is -0.477 e. The van der Waals surface area contributed by atoms with E-state index < -0.39 is 32.0 Å². The maximum absolute atomic E-state index is 10.9. The van der Waals surface area contributed by atoms with Gasteiger partial charge in [0.2, 0.25) is 0 Å². The predicted octanol–water partition coefficient (Wildman–Crippen LogP) is 0.749. The average molecular weight is 288 g/mol. The molecule has 1 aromatic rings. The fourth-order valence-electron chi connectivity index (χ4n) is 1.35. The van der Waals surface area contributed by atoms with Gasteiger partial charge in [-0.2, -0.15) is 0 Å². The van der Waals surface area contributed by atoms with Crippen molar-refractivity contribution in [1.82, 2.24) is 0 Å². The van der Waals surface area contributed by atoms with Gasteiger partial charge in [-0.25, -0.2) is 13.2 Å². The first-order valence-corrected chi connectivity index (χ1v) is 7.20. The number of nitro groups is 1. The third kappa shape index (κ3) is 4.54. The molecule has 0 heterocycles. The van der Waals surface area contributed by atoms with E-state index in [2.05, 4.69) is 5.32 Å². The van der Waals surface area contributed by atoms with Gasteiger partial charge in [-0.15, -0.1) is 0 Å². The molecule has 0 aliphatic rings. The van der Waals surface area contributed by atoms with Gasteiger partial charge in [-0.3, -0.25) is 10.1 Å². The van der Waals surface area contributed by atoms with Crippen LogP contribution in [-0.2, 0) is 9.84 Å². The smallest absolute Gasteiger partial charge is 0.342 e. The number of carboxylic acids is 1. The molecular weight excluding hydrogens is 276 g/mol. The fraction of sp³-hybridized carbons (Fsp3) is 0.300. The van der Waals surface area contributed by atoms with Gasteiger partial charge in [0.25, 0.3) is 5.69 Å². The number of hydrogen-bond acceptors (Lipinski definition) is 6. The van der Waals surface area contributed by atoms with Gasteiger partial charge < -0.3 is 10.4 Å². The topological polar surface area (TPSA) is 127 Å². The molecule has 0 saturated heterocycles. The molecule has 0 aromatic heterocycles. The second kappa shape index (κ2) is 5.65. The molecule has 2 N–H and O–H groups in total. The molecule has 104 valence electrons. The molecule has 0 amide bonds. The number of aromatic carboxylic acids is 1. The Hall–Kier alpha value is -2.16. The summed E-state index contributed by atoms with van der Waals surface area (Å²) in [7, 11) is -3.13. The zero-order valence-corrected chi connectivity index (χ0v) is 10.8. The van der Waals surface area contributed by atoms with Gasteiger partial charge in [0.1, 0.15) is 15.4 Å². The highest BCUT2D eigenvalue weighted by molar-refractivity contribution is 7.90. The van der Waals surface area contributed by atoms with E-state index in [0.717, 1.165) is 18.4 Å². The summed E-state index contributed by atoms with van der Waals surface area (Å²) in [4.78, 5) is 20.7. The van der Waals surface area contributed by atoms with Crippen LogP contribution in [0.25, 0.3) is 0 Å². The number of carbonyl (C=O) groups is 1. The van der Waals surface area contributed by atoms with Crippen molar-refractivity contribution >= 4 is 27.2 Å². The lowest BCUT2D eigenvalue weighted by atomic mass is 10.1. The molecule has 0 unspecified atom stereocenters. The van der Waals surface area contributed by atoms with E-state index >= 15 is 0 Å². The summed E-state index contributed by atoms with van der Waals surface area (Å²) in [6.45, 7) is 0.0857. The highest BCUT2D eigenvalue weighted by Crippen LogP contribution is 2.23. The maximum atomic E-state index is 10.9. The lowest BCUT2D eigenvalue weighted by Crippen LogP contribution is -2.14. The number of carboxylic acid groups (broad SMARTS) is 1. The Morgan fingerprint density at radius 2 is 2.11 bits per heavy atom. The Balaban J connectivity index is 2.90. The summed E-state index contributed by atoms with van der Waals surface area (Å²) in [6, 6.07) is 3.51. The fourth-order valence-corrected chi connectivity index (χ4v) is 1.83. The van der Waals surface area contributed by atoms with Crippen LogP contribution in [0, 0.1) is 10.1 Å². The number of nitro benzene ring substituents is 1. The van der Waals surface area contributed by atoms with Gasteiger partial charge in [0, 0.05) is 24.6 Å². The summed E-state index contributed by atoms with van der Waals surface area (Å²) >= 11 is 0. The Morgan fingerprint density at radius 1 is 1.47 bits per heavy atom. The molecule has 0 atom stereocenters. The third-order valence-electron chi connectivity index (χ3n) is 2.23. The summed E-state index contributed by atoms with van der Waals surface area (Å²) in [5.41, 5.74) is -0.670. The van der Waals surface area contributed by atoms with Crippen LogP contribution in [0.2, 0.25) is 0 Å². The zero-order valence-electron chi connectivity index (χ0n) is 9.99. The minimum atomic E-state index is -3.13. The molecule has 0 aliphatic carbocycles. The molecule has 9 heteroatoms. The number of sulfone groups is 1. The maximum Gasteiger partial charge on any atom is 0.342 e. The Morgan fingerprint density at radius 3 is 2.58 bits per heavy atom. The molecule has 0 spiro atoms. The van der Waals surface area contributed by atoms with E-state index in [9.17, 15) is 23.3 Å². The van der Waals surface area contributed by atoms with Crippen LogP contribution in [0.15, 0.2) is 18.2 Å². The van der Waals surface area contributed by atoms with Crippen molar-refractivity contribution in [3.05, 3.63) is 33.9 Å². The molecule has 1 rings (SSSR count). The number of anilines is 1. The first-order valence-electron chi connectivity index (χ1n) is 5.14. The van der Waals surface area contributed by atoms with Crippen LogP contribution in [0.1, 0.15) is 10.4 Å². The highest BCUT2D eigenvalue weighted by atomic mass is 32.2. The number of hydrogen-bond donors (Lipinski definition) is 2. The summed E-state index contributed by atoms with van der Waals surface area (Å²) in [6.07, 6.45) is 1.07. The molecule has 0 fully saturated rings. The van der Waals surface area contributed by atoms with Crippen molar-refractivity contribution in [2.45, 2.75) is 0 Å². The third-order valence-corrected chi connectivity index (χ3v) is 3.17. The SMILES string of the molecule is CS(=O)(=O)CCNc1ccc(C(=O)O)c([N+](=O)[O-])c1. The van der Waals surface area contributed by atoms with E-state index in [-0.39, 0.29) is 12.3 Å². The molecular formula is C10H12N2O6S. The quantitative estimate of drug-likeness (QED) is 0.584. The van der Waals surface area contributed by atoms with Crippen molar-refractivity contribution in [3.63, 3.8) is 0 Å². The predicted molar refractivity (Wildman–Crippen MR) is 68.3 cm³/mol. The van der Waals surface area contributed by atoms with Crippen LogP contribution >= 0.6 is 0 Å². The van der Waals surface area contributed by atoms with E-state index in [1.807, 2.05) is 0 Å².